The van der Waals surface area contributed by atoms with Gasteiger partial charge in [-0.3, -0.25) is 0 Å². The van der Waals surface area contributed by atoms with Crippen LogP contribution in [0.1, 0.15) is 49.9 Å². The molecule has 0 bridgehead atoms. The van der Waals surface area contributed by atoms with Gasteiger partial charge in [-0.05, 0) is 247 Å². The highest BCUT2D eigenvalue weighted by Gasteiger charge is 2.40. The van der Waals surface area contributed by atoms with Crippen molar-refractivity contribution in [2.45, 2.75) is 38.5 Å². The minimum atomic E-state index is -0.209. The topological polar surface area (TPSA) is 52.6 Å². The lowest BCUT2D eigenvalue weighted by Crippen LogP contribution is -2.16. The van der Waals surface area contributed by atoms with Crippen LogP contribution in [0.4, 0.5) is 0 Å². The molecule has 0 saturated heterocycles. The van der Waals surface area contributed by atoms with Crippen molar-refractivity contribution < 1.29 is 17.7 Å². The number of hydrogen-bond donors (Lipinski definition) is 0. The van der Waals surface area contributed by atoms with Gasteiger partial charge in [-0.2, -0.15) is 0 Å². The van der Waals surface area contributed by atoms with E-state index in [9.17, 15) is 0 Å². The van der Waals surface area contributed by atoms with E-state index < -0.39 is 0 Å². The van der Waals surface area contributed by atoms with Crippen LogP contribution >= 0.6 is 0 Å². The van der Waals surface area contributed by atoms with E-state index in [2.05, 4.69) is 404 Å². The van der Waals surface area contributed by atoms with E-state index in [1.54, 1.807) is 0 Å². The Morgan fingerprint density at radius 3 is 0.786 bits per heavy atom. The van der Waals surface area contributed by atoms with Crippen LogP contribution in [0, 0.1) is 0 Å². The maximum absolute atomic E-state index is 6.51. The molecule has 2 aliphatic carbocycles. The molecule has 0 amide bonds. The Bertz CT molecular complexity index is 8890. The van der Waals surface area contributed by atoms with E-state index in [-0.39, 0.29) is 10.8 Å². The predicted octanol–water partition coefficient (Wildman–Crippen LogP) is 34.8. The summed E-state index contributed by atoms with van der Waals surface area (Å²) < 4.78 is 25.8. The molecule has 2 aliphatic rings. The highest BCUT2D eigenvalue weighted by atomic mass is 16.3. The third-order valence-electron chi connectivity index (χ3n) is 28.5. The predicted molar refractivity (Wildman–Crippen MR) is 530 cm³/mol. The van der Waals surface area contributed by atoms with Gasteiger partial charge in [0.25, 0.3) is 0 Å². The molecule has 0 radical (unpaired) electrons. The number of fused-ring (bicyclic) bond motifs is 30. The van der Waals surface area contributed by atoms with E-state index in [1.807, 2.05) is 12.1 Å². The third kappa shape index (κ3) is 9.89. The Morgan fingerprint density at radius 1 is 0.151 bits per heavy atom. The Balaban J connectivity index is 0.000000131. The summed E-state index contributed by atoms with van der Waals surface area (Å²) in [6, 6.07) is 143. The van der Waals surface area contributed by atoms with Crippen molar-refractivity contribution >= 4 is 174 Å². The molecule has 4 heterocycles. The second kappa shape index (κ2) is 26.3. The fraction of sp³-hybridized carbons (Fsp3) is 0.0492. The van der Waals surface area contributed by atoms with Crippen LogP contribution < -0.4 is 0 Å². The highest BCUT2D eigenvalue weighted by molar-refractivity contribution is 6.31. The van der Waals surface area contributed by atoms with Crippen LogP contribution in [0.2, 0.25) is 0 Å². The van der Waals surface area contributed by atoms with Crippen LogP contribution in [0.15, 0.2) is 406 Å². The quantitative estimate of drug-likeness (QED) is 0.156. The number of para-hydroxylation sites is 4. The molecule has 28 rings (SSSR count). The number of hydrogen-bond acceptors (Lipinski definition) is 4. The van der Waals surface area contributed by atoms with Crippen molar-refractivity contribution in [3.63, 3.8) is 0 Å². The molecule has 4 nitrogen and oxygen atoms in total. The molecular formula is C122H76O4. The first kappa shape index (κ1) is 70.8. The fourth-order valence-corrected chi connectivity index (χ4v) is 23.2. The second-order valence-electron chi connectivity index (χ2n) is 35.7. The van der Waals surface area contributed by atoms with E-state index in [4.69, 9.17) is 17.7 Å². The first-order valence-electron chi connectivity index (χ1n) is 43.8. The van der Waals surface area contributed by atoms with Gasteiger partial charge in [-0.15, -0.1) is 0 Å². The lowest BCUT2D eigenvalue weighted by atomic mass is 9.76. The molecule has 4 aromatic heterocycles. The molecule has 126 heavy (non-hydrogen) atoms. The summed E-state index contributed by atoms with van der Waals surface area (Å²) in [5, 5.41) is 28.7. The Kier molecular flexibility index (Phi) is 14.8. The smallest absolute Gasteiger partial charge is 0.136 e. The summed E-state index contributed by atoms with van der Waals surface area (Å²) in [5.41, 5.74) is 32.4. The maximum Gasteiger partial charge on any atom is 0.136 e. The maximum atomic E-state index is 6.51. The van der Waals surface area contributed by atoms with Crippen LogP contribution in [0.5, 0.6) is 0 Å². The summed E-state index contributed by atoms with van der Waals surface area (Å²) in [6.07, 6.45) is 0. The Labute approximate surface area is 724 Å². The van der Waals surface area contributed by atoms with Gasteiger partial charge in [0.15, 0.2) is 0 Å². The number of benzene rings is 22. The first-order valence-corrected chi connectivity index (χ1v) is 43.8. The largest absolute Gasteiger partial charge is 0.456 e. The van der Waals surface area contributed by atoms with Crippen LogP contribution in [0.3, 0.4) is 0 Å². The normalized spacial score (nSPS) is 13.4. The van der Waals surface area contributed by atoms with Gasteiger partial charge in [0, 0.05) is 64.7 Å². The lowest BCUT2D eigenvalue weighted by molar-refractivity contribution is 0.662. The first-order chi connectivity index (χ1) is 62.1. The molecule has 26 aromatic rings. The van der Waals surface area contributed by atoms with Crippen molar-refractivity contribution in [2.24, 2.45) is 0 Å². The minimum absolute atomic E-state index is 0.199. The highest BCUT2D eigenvalue weighted by Crippen LogP contribution is 2.59. The van der Waals surface area contributed by atoms with Gasteiger partial charge >= 0.3 is 0 Å². The molecule has 0 N–H and O–H groups in total. The molecule has 0 saturated carbocycles. The molecule has 0 unspecified atom stereocenters. The molecule has 588 valence electrons. The van der Waals surface area contributed by atoms with Crippen molar-refractivity contribution in [1.29, 1.82) is 0 Å². The summed E-state index contributed by atoms with van der Waals surface area (Å²) in [4.78, 5) is 0. The number of furan rings is 4. The van der Waals surface area contributed by atoms with Crippen LogP contribution in [0.25, 0.3) is 263 Å². The standard InChI is InChI=1S/2C61H38O2/c1-61(2)50-27-6-3-16-39(50)44-25-13-26-47(60(44)61)57-42-23-11-19-37(40-21-9-14-35-30-32-53-58(55(35)40)45-17-4-7-28-51(45)62-53)48(42)34-49-38(20-12-24-43(49)57)41-22-10-15-36-31-33-54-59(56(36)41)46-18-5-8-29-52(46)63-54;1-61(2)52-27-6-3-14-41(52)46-25-13-26-49(60(46)61)57-44-23-11-19-37(35-17-9-21-42-39(35)30-32-55-58(42)47-15-4-7-28-53(47)62-55)50(44)34-51-38(20-12-24-45(51)57)36-18-10-22-43-40(36)31-33-56-59(43)48-16-5-8-29-54(48)63-56/h2*3-34H,1-2H3. The minimum Gasteiger partial charge on any atom is -0.456 e. The van der Waals surface area contributed by atoms with Crippen molar-refractivity contribution in [3.05, 3.63) is 411 Å². The van der Waals surface area contributed by atoms with Crippen LogP contribution in [-0.2, 0) is 10.8 Å². The third-order valence-corrected chi connectivity index (χ3v) is 28.5. The summed E-state index contributed by atoms with van der Waals surface area (Å²) in [7, 11) is 0. The van der Waals surface area contributed by atoms with Gasteiger partial charge in [0.1, 0.15) is 44.7 Å². The fourth-order valence-electron chi connectivity index (χ4n) is 23.2. The zero-order chi connectivity index (χ0) is 83.1. The summed E-state index contributed by atoms with van der Waals surface area (Å²) in [6.45, 7) is 9.60. The molecule has 4 heteroatoms. The van der Waals surface area contributed by atoms with Gasteiger partial charge in [-0.1, -0.05) is 355 Å². The molecule has 0 atom stereocenters. The second-order valence-corrected chi connectivity index (χ2v) is 35.7. The van der Waals surface area contributed by atoms with Gasteiger partial charge in [0.05, 0.1) is 0 Å². The number of rotatable bonds is 6. The average molecular weight is 1610 g/mol. The van der Waals surface area contributed by atoms with Crippen molar-refractivity contribution in [1.82, 2.24) is 0 Å². The molecule has 22 aromatic carbocycles. The van der Waals surface area contributed by atoms with Crippen LogP contribution in [-0.4, -0.2) is 0 Å². The SMILES string of the molecule is CC1(C)c2ccccc2-c2cccc(-c3c4cccc(-c5cccc6c5ccc5oc7ccccc7c56)c4cc4c(-c5cccc6c5ccc5oc7ccccc7c56)cccc34)c21.CC1(C)c2ccccc2-c2cccc(-c3c4cccc(-c5cccc6ccc7oc8ccccc8c7c56)c4cc4c(-c5cccc6ccc7oc8ccccc8c7c56)cccc34)c21. The van der Waals surface area contributed by atoms with E-state index in [0.29, 0.717) is 0 Å². The van der Waals surface area contributed by atoms with E-state index >= 15 is 0 Å². The van der Waals surface area contributed by atoms with Gasteiger partial charge in [0.2, 0.25) is 0 Å². The molecular weight excluding hydrogens is 1530 g/mol. The van der Waals surface area contributed by atoms with E-state index in [1.165, 1.54) is 197 Å². The zero-order valence-corrected chi connectivity index (χ0v) is 69.6. The Morgan fingerprint density at radius 2 is 0.405 bits per heavy atom. The molecule has 0 spiro atoms. The zero-order valence-electron chi connectivity index (χ0n) is 69.6. The molecule has 0 aliphatic heterocycles. The van der Waals surface area contributed by atoms with Gasteiger partial charge in [-0.25, -0.2) is 0 Å². The lowest BCUT2D eigenvalue weighted by Gasteiger charge is -2.26. The van der Waals surface area contributed by atoms with Crippen molar-refractivity contribution in [2.75, 3.05) is 0 Å². The Hall–Kier alpha value is -15.9. The molecule has 0 fully saturated rings. The van der Waals surface area contributed by atoms with E-state index in [0.717, 1.165) is 87.8 Å². The average Bonchev–Trinajstić information content (AvgIpc) is 1.39. The van der Waals surface area contributed by atoms with Gasteiger partial charge < -0.3 is 17.7 Å². The monoisotopic (exact) mass is 1600 g/mol. The summed E-state index contributed by atoms with van der Waals surface area (Å²) in [5.74, 6) is 0. The summed E-state index contributed by atoms with van der Waals surface area (Å²) >= 11 is 0. The van der Waals surface area contributed by atoms with Crippen molar-refractivity contribution in [3.8, 4) is 89.0 Å².